The Hall–Kier alpha value is -3.68. The van der Waals surface area contributed by atoms with Gasteiger partial charge in [-0.15, -0.1) is 0 Å². The fourth-order valence-corrected chi connectivity index (χ4v) is 4.79. The van der Waals surface area contributed by atoms with Gasteiger partial charge in [0.05, 0.1) is 48.0 Å². The molecule has 1 aliphatic carbocycles. The zero-order valence-corrected chi connectivity index (χ0v) is 21.3. The number of alkyl halides is 3. The van der Waals surface area contributed by atoms with Gasteiger partial charge < -0.3 is 24.6 Å². The zero-order valence-electron chi connectivity index (χ0n) is 21.3. The molecular weight excluding hydrogens is 499 g/mol. The lowest BCUT2D eigenvalue weighted by Crippen LogP contribution is -2.49. The largest absolute Gasteiger partial charge is 0.489 e. The molecule has 2 heterocycles. The van der Waals surface area contributed by atoms with Gasteiger partial charge >= 0.3 is 12.3 Å². The van der Waals surface area contributed by atoms with Crippen molar-refractivity contribution in [3.05, 3.63) is 47.8 Å². The summed E-state index contributed by atoms with van der Waals surface area (Å²) in [6, 6.07) is 7.31. The number of piperazine rings is 1. The Kier molecular flexibility index (Phi) is 8.81. The summed E-state index contributed by atoms with van der Waals surface area (Å²) in [4.78, 5) is 20.3. The van der Waals surface area contributed by atoms with Crippen molar-refractivity contribution in [1.29, 1.82) is 5.26 Å². The van der Waals surface area contributed by atoms with Crippen LogP contribution in [0.5, 0.6) is 5.75 Å². The Morgan fingerprint density at radius 1 is 1.13 bits per heavy atom. The topological polar surface area (TPSA) is 90.7 Å². The molecule has 204 valence electrons. The van der Waals surface area contributed by atoms with E-state index in [1.807, 2.05) is 13.0 Å². The minimum absolute atomic E-state index is 0.0121. The quantitative estimate of drug-likeness (QED) is 0.509. The van der Waals surface area contributed by atoms with Crippen molar-refractivity contribution in [1.82, 2.24) is 9.88 Å². The van der Waals surface area contributed by atoms with Gasteiger partial charge in [0.2, 0.25) is 0 Å². The third kappa shape index (κ3) is 7.00. The highest BCUT2D eigenvalue weighted by Gasteiger charge is 2.34. The Balaban J connectivity index is 1.27. The summed E-state index contributed by atoms with van der Waals surface area (Å²) in [6.07, 6.45) is 2.39. The second-order valence-corrected chi connectivity index (χ2v) is 9.57. The fourth-order valence-electron chi connectivity index (χ4n) is 4.79. The van der Waals surface area contributed by atoms with Crippen LogP contribution in [0.1, 0.15) is 50.2 Å². The molecule has 1 aromatic carbocycles. The number of rotatable bonds is 7. The monoisotopic (exact) mass is 531 g/mol. The van der Waals surface area contributed by atoms with Gasteiger partial charge in [-0.05, 0) is 50.3 Å². The number of aromatic nitrogens is 1. The van der Waals surface area contributed by atoms with E-state index >= 15 is 0 Å². The van der Waals surface area contributed by atoms with E-state index in [9.17, 15) is 18.0 Å². The molecule has 0 atom stereocenters. The van der Waals surface area contributed by atoms with E-state index in [0.717, 1.165) is 43.9 Å². The number of anilines is 2. The van der Waals surface area contributed by atoms with E-state index in [-0.39, 0.29) is 23.8 Å². The predicted molar refractivity (Wildman–Crippen MR) is 136 cm³/mol. The Morgan fingerprint density at radius 2 is 1.87 bits per heavy atom. The number of nitrogens with zero attached hydrogens (tertiary/aromatic N) is 4. The van der Waals surface area contributed by atoms with E-state index in [0.29, 0.717) is 44.2 Å². The molecule has 2 aromatic rings. The van der Waals surface area contributed by atoms with Gasteiger partial charge in [-0.2, -0.15) is 18.4 Å². The van der Waals surface area contributed by atoms with E-state index < -0.39 is 11.7 Å². The van der Waals surface area contributed by atoms with E-state index in [1.54, 1.807) is 23.4 Å². The van der Waals surface area contributed by atoms with E-state index in [2.05, 4.69) is 15.2 Å². The predicted octanol–water partition coefficient (Wildman–Crippen LogP) is 5.44. The molecule has 1 aromatic heterocycles. The van der Waals surface area contributed by atoms with Crippen LogP contribution in [0.2, 0.25) is 0 Å². The van der Waals surface area contributed by atoms with Crippen molar-refractivity contribution in [2.24, 2.45) is 0 Å². The number of pyridine rings is 1. The molecule has 4 rings (SSSR count). The Labute approximate surface area is 220 Å². The van der Waals surface area contributed by atoms with Crippen LogP contribution >= 0.6 is 0 Å². The SMILES string of the molecule is CCCOC(=O)N1CCN(c2cncc(OC3CCC(Nc4ccc(C#N)c(C(F)(F)F)c4)CC3)c2)CC1. The maximum absolute atomic E-state index is 13.3. The molecule has 11 heteroatoms. The number of carbonyl (C=O) groups is 1. The van der Waals surface area contributed by atoms with Crippen LogP contribution in [0.4, 0.5) is 29.3 Å². The molecule has 2 fully saturated rings. The van der Waals surface area contributed by atoms with Crippen LogP contribution < -0.4 is 15.0 Å². The van der Waals surface area contributed by atoms with Crippen molar-refractivity contribution in [2.45, 2.75) is 57.3 Å². The molecule has 0 radical (unpaired) electrons. The molecule has 1 saturated heterocycles. The average molecular weight is 532 g/mol. The Morgan fingerprint density at radius 3 is 2.53 bits per heavy atom. The van der Waals surface area contributed by atoms with Gasteiger partial charge in [-0.25, -0.2) is 4.79 Å². The molecular formula is C27H32F3N5O3. The third-order valence-electron chi connectivity index (χ3n) is 6.82. The number of hydrogen-bond acceptors (Lipinski definition) is 7. The van der Waals surface area contributed by atoms with Gasteiger partial charge in [0.15, 0.2) is 0 Å². The van der Waals surface area contributed by atoms with Gasteiger partial charge in [0.25, 0.3) is 0 Å². The minimum atomic E-state index is -4.58. The first-order chi connectivity index (χ1) is 18.3. The Bertz CT molecular complexity index is 1140. The number of halogens is 3. The van der Waals surface area contributed by atoms with Gasteiger partial charge in [-0.1, -0.05) is 6.92 Å². The molecule has 1 saturated carbocycles. The second kappa shape index (κ2) is 12.2. The number of amides is 1. The van der Waals surface area contributed by atoms with Crippen LogP contribution in [-0.4, -0.2) is 60.9 Å². The van der Waals surface area contributed by atoms with Crippen molar-refractivity contribution in [3.8, 4) is 11.8 Å². The number of benzene rings is 1. The van der Waals surface area contributed by atoms with Gasteiger partial charge in [-0.3, -0.25) is 4.98 Å². The van der Waals surface area contributed by atoms with Crippen molar-refractivity contribution < 1.29 is 27.4 Å². The maximum atomic E-state index is 13.3. The van der Waals surface area contributed by atoms with Crippen LogP contribution in [0.15, 0.2) is 36.7 Å². The first kappa shape index (κ1) is 27.4. The molecule has 1 N–H and O–H groups in total. The summed E-state index contributed by atoms with van der Waals surface area (Å²) in [6.45, 7) is 4.89. The second-order valence-electron chi connectivity index (χ2n) is 9.57. The third-order valence-corrected chi connectivity index (χ3v) is 6.82. The summed E-state index contributed by atoms with van der Waals surface area (Å²) in [5.41, 5.74) is -0.0170. The molecule has 0 bridgehead atoms. The summed E-state index contributed by atoms with van der Waals surface area (Å²) in [5, 5.41) is 12.2. The summed E-state index contributed by atoms with van der Waals surface area (Å²) < 4.78 is 51.2. The number of carbonyl (C=O) groups excluding carboxylic acids is 1. The zero-order chi connectivity index (χ0) is 27.1. The number of nitriles is 1. The summed E-state index contributed by atoms with van der Waals surface area (Å²) in [5.74, 6) is 0.672. The molecule has 0 unspecified atom stereocenters. The smallest absolute Gasteiger partial charge is 0.417 e. The van der Waals surface area contributed by atoms with Gasteiger partial charge in [0, 0.05) is 44.0 Å². The molecule has 1 aliphatic heterocycles. The van der Waals surface area contributed by atoms with Crippen LogP contribution in [0.25, 0.3) is 0 Å². The molecule has 8 nitrogen and oxygen atoms in total. The molecule has 0 spiro atoms. The lowest BCUT2D eigenvalue weighted by Gasteiger charge is -2.35. The van der Waals surface area contributed by atoms with Crippen LogP contribution in [0.3, 0.4) is 0 Å². The standard InChI is InChI=1S/C27H32F3N5O3/c1-2-13-37-26(36)35-11-9-34(10-12-35)22-15-24(18-32-17-22)38-23-7-5-20(6-8-23)33-21-4-3-19(16-31)25(14-21)27(28,29)30/h3-4,14-15,17-18,20,23,33H,2,5-13H2,1H3. The van der Waals surface area contributed by atoms with Crippen molar-refractivity contribution in [3.63, 3.8) is 0 Å². The van der Waals surface area contributed by atoms with Crippen molar-refractivity contribution in [2.75, 3.05) is 43.0 Å². The average Bonchev–Trinajstić information content (AvgIpc) is 2.92. The summed E-state index contributed by atoms with van der Waals surface area (Å²) >= 11 is 0. The maximum Gasteiger partial charge on any atom is 0.417 e. The van der Waals surface area contributed by atoms with E-state index in [1.165, 1.54) is 12.1 Å². The van der Waals surface area contributed by atoms with Gasteiger partial charge in [0.1, 0.15) is 5.75 Å². The number of nitrogens with one attached hydrogen (secondary N) is 1. The van der Waals surface area contributed by atoms with Crippen LogP contribution in [0, 0.1) is 11.3 Å². The lowest BCUT2D eigenvalue weighted by atomic mass is 9.92. The van der Waals surface area contributed by atoms with Crippen LogP contribution in [-0.2, 0) is 10.9 Å². The normalized spacial score (nSPS) is 20.0. The molecule has 38 heavy (non-hydrogen) atoms. The molecule has 2 aliphatic rings. The minimum Gasteiger partial charge on any atom is -0.489 e. The lowest BCUT2D eigenvalue weighted by molar-refractivity contribution is -0.137. The number of hydrogen-bond donors (Lipinski definition) is 1. The van der Waals surface area contributed by atoms with Crippen molar-refractivity contribution >= 4 is 17.5 Å². The fraction of sp³-hybridized carbons (Fsp3) is 0.519. The first-order valence-corrected chi connectivity index (χ1v) is 12.9. The molecule has 1 amide bonds. The highest BCUT2D eigenvalue weighted by atomic mass is 19.4. The highest BCUT2D eigenvalue weighted by molar-refractivity contribution is 5.68. The van der Waals surface area contributed by atoms with E-state index in [4.69, 9.17) is 14.7 Å². The number of ether oxygens (including phenoxy) is 2. The summed E-state index contributed by atoms with van der Waals surface area (Å²) in [7, 11) is 0. The highest BCUT2D eigenvalue weighted by Crippen LogP contribution is 2.34. The first-order valence-electron chi connectivity index (χ1n) is 12.9.